The number of hydrogen-bond acceptors (Lipinski definition) is 2. The molecule has 1 aliphatic heterocycles. The molecule has 1 aliphatic rings. The van der Waals surface area contributed by atoms with Crippen molar-refractivity contribution in [1.29, 1.82) is 0 Å². The zero-order valence-electron chi connectivity index (χ0n) is 11.5. The Kier molecular flexibility index (Phi) is 5.86. The molecule has 1 heterocycles. The van der Waals surface area contributed by atoms with Crippen LogP contribution in [0.1, 0.15) is 46.5 Å². The average Bonchev–Trinajstić information content (AvgIpc) is 2.73. The van der Waals surface area contributed by atoms with Gasteiger partial charge in [0, 0.05) is 13.3 Å². The van der Waals surface area contributed by atoms with Crippen molar-refractivity contribution in [3.05, 3.63) is 12.2 Å². The maximum Gasteiger partial charge on any atom is 0.189 e. The number of aliphatic hydroxyl groups is 1. The van der Waals surface area contributed by atoms with Crippen molar-refractivity contribution < 1.29 is 9.59 Å². The molecule has 98 valence electrons. The molecule has 3 heteroatoms. The van der Waals surface area contributed by atoms with Gasteiger partial charge < -0.3 is 5.11 Å². The van der Waals surface area contributed by atoms with Crippen LogP contribution in [0, 0.1) is 0 Å². The molecule has 0 radical (unpaired) electrons. The summed E-state index contributed by atoms with van der Waals surface area (Å²) in [6.07, 6.45) is 10.9. The van der Waals surface area contributed by atoms with E-state index in [0.717, 1.165) is 32.4 Å². The van der Waals surface area contributed by atoms with Gasteiger partial charge in [0.05, 0.1) is 12.8 Å². The van der Waals surface area contributed by atoms with Gasteiger partial charge in [-0.15, -0.1) is 0 Å². The lowest BCUT2D eigenvalue weighted by atomic mass is 10.1. The molecule has 3 atom stereocenters. The highest BCUT2D eigenvalue weighted by atomic mass is 16.3. The zero-order valence-corrected chi connectivity index (χ0v) is 11.5. The fourth-order valence-electron chi connectivity index (χ4n) is 2.56. The molecule has 0 aromatic carbocycles. The molecular weight excluding hydrogens is 212 g/mol. The van der Waals surface area contributed by atoms with Gasteiger partial charge in [-0.3, -0.25) is 4.48 Å². The van der Waals surface area contributed by atoms with Crippen LogP contribution in [0.3, 0.4) is 0 Å². The van der Waals surface area contributed by atoms with E-state index in [9.17, 15) is 5.11 Å². The Bertz CT molecular complexity index is 273. The molecule has 0 spiro atoms. The van der Waals surface area contributed by atoms with Crippen molar-refractivity contribution >= 4 is 6.21 Å². The summed E-state index contributed by atoms with van der Waals surface area (Å²) in [5, 5.41) is 9.99. The van der Waals surface area contributed by atoms with Crippen LogP contribution in [0.4, 0.5) is 0 Å². The summed E-state index contributed by atoms with van der Waals surface area (Å²) in [4.78, 5) is 4.55. The maximum absolute atomic E-state index is 9.99. The summed E-state index contributed by atoms with van der Waals surface area (Å²) in [6.45, 7) is 8.04. The summed E-state index contributed by atoms with van der Waals surface area (Å²) >= 11 is 0. The van der Waals surface area contributed by atoms with Gasteiger partial charge >= 0.3 is 0 Å². The van der Waals surface area contributed by atoms with E-state index in [1.807, 2.05) is 13.1 Å². The lowest BCUT2D eigenvalue weighted by Crippen LogP contribution is -2.57. The van der Waals surface area contributed by atoms with Gasteiger partial charge in [0.2, 0.25) is 0 Å². The minimum Gasteiger partial charge on any atom is -0.345 e. The van der Waals surface area contributed by atoms with Gasteiger partial charge in [0.15, 0.2) is 12.4 Å². The Balaban J connectivity index is 2.48. The third kappa shape index (κ3) is 3.39. The summed E-state index contributed by atoms with van der Waals surface area (Å²) in [5.41, 5.74) is 0. The van der Waals surface area contributed by atoms with Crippen LogP contribution in [0.15, 0.2) is 17.1 Å². The molecular formula is C14H27N2O+. The molecule has 0 amide bonds. The topological polar surface area (TPSA) is 32.6 Å². The average molecular weight is 239 g/mol. The molecule has 0 aromatic rings. The number of aliphatic imine (C=N–C) groups is 1. The van der Waals surface area contributed by atoms with Crippen molar-refractivity contribution in [3.8, 4) is 0 Å². The lowest BCUT2D eigenvalue weighted by molar-refractivity contribution is -0.976. The Labute approximate surface area is 105 Å². The Morgan fingerprint density at radius 2 is 2.12 bits per heavy atom. The molecule has 17 heavy (non-hydrogen) atoms. The smallest absolute Gasteiger partial charge is 0.189 e. The molecule has 0 fully saturated rings. The second kappa shape index (κ2) is 6.92. The third-order valence-electron chi connectivity index (χ3n) is 3.84. The summed E-state index contributed by atoms with van der Waals surface area (Å²) < 4.78 is 0.710. The fourth-order valence-corrected chi connectivity index (χ4v) is 2.56. The van der Waals surface area contributed by atoms with Crippen molar-refractivity contribution in [1.82, 2.24) is 0 Å². The molecule has 1 N–H and O–H groups in total. The first-order valence-electron chi connectivity index (χ1n) is 6.88. The minimum atomic E-state index is -0.327. The standard InChI is InChI=1S/C14H27N2O/c1-4-6-7-8-9-10-14-15-11-12-16(14,5-2)13(3)17/h7-8,11,13-14,17H,4-6,9-10,12H2,1-3H3/q+1/b8-7+. The van der Waals surface area contributed by atoms with E-state index >= 15 is 0 Å². The molecule has 3 nitrogen and oxygen atoms in total. The number of unbranched alkanes of at least 4 members (excludes halogenated alkanes) is 1. The van der Waals surface area contributed by atoms with E-state index < -0.39 is 0 Å². The Morgan fingerprint density at radius 3 is 2.71 bits per heavy atom. The SMILES string of the molecule is CCC/C=C/CCC1N=CC[N+]1(CC)C(C)O. The molecule has 1 rings (SSSR count). The first-order valence-corrected chi connectivity index (χ1v) is 6.88. The number of quaternary nitrogens is 1. The van der Waals surface area contributed by atoms with Crippen molar-refractivity contribution in [2.24, 2.45) is 4.99 Å². The zero-order chi connectivity index (χ0) is 12.7. The molecule has 0 saturated carbocycles. The minimum absolute atomic E-state index is 0.242. The first-order chi connectivity index (χ1) is 8.17. The van der Waals surface area contributed by atoms with Gasteiger partial charge in [-0.1, -0.05) is 25.5 Å². The number of rotatable bonds is 7. The van der Waals surface area contributed by atoms with Crippen molar-refractivity contribution in [2.75, 3.05) is 13.1 Å². The third-order valence-corrected chi connectivity index (χ3v) is 3.84. The van der Waals surface area contributed by atoms with Crippen LogP contribution in [-0.2, 0) is 0 Å². The molecule has 0 aromatic heterocycles. The van der Waals surface area contributed by atoms with E-state index in [1.54, 1.807) is 0 Å². The van der Waals surface area contributed by atoms with Crippen molar-refractivity contribution in [2.45, 2.75) is 58.8 Å². The second-order valence-corrected chi connectivity index (χ2v) is 4.88. The van der Waals surface area contributed by atoms with Gasteiger partial charge in [-0.25, -0.2) is 4.99 Å². The van der Waals surface area contributed by atoms with Crippen LogP contribution in [0.25, 0.3) is 0 Å². The van der Waals surface area contributed by atoms with Gasteiger partial charge in [-0.05, 0) is 19.8 Å². The molecule has 0 bridgehead atoms. The number of hydrogen-bond donors (Lipinski definition) is 1. The quantitative estimate of drug-likeness (QED) is 0.538. The maximum atomic E-state index is 9.99. The second-order valence-electron chi connectivity index (χ2n) is 4.88. The first kappa shape index (κ1) is 14.4. The van der Waals surface area contributed by atoms with Gasteiger partial charge in [0.1, 0.15) is 6.54 Å². The largest absolute Gasteiger partial charge is 0.345 e. The molecule has 0 saturated heterocycles. The summed E-state index contributed by atoms with van der Waals surface area (Å²) in [6, 6.07) is 0. The van der Waals surface area contributed by atoms with E-state index in [2.05, 4.69) is 31.0 Å². The van der Waals surface area contributed by atoms with Crippen LogP contribution < -0.4 is 0 Å². The van der Waals surface area contributed by atoms with Gasteiger partial charge in [0.25, 0.3) is 0 Å². The predicted octanol–water partition coefficient (Wildman–Crippen LogP) is 2.71. The van der Waals surface area contributed by atoms with E-state index in [4.69, 9.17) is 0 Å². The molecule has 0 aliphatic carbocycles. The van der Waals surface area contributed by atoms with Crippen LogP contribution >= 0.6 is 0 Å². The normalized spacial score (nSPS) is 30.2. The highest BCUT2D eigenvalue weighted by Gasteiger charge is 2.41. The lowest BCUT2D eigenvalue weighted by Gasteiger charge is -2.40. The number of nitrogens with zero attached hydrogens (tertiary/aromatic N) is 2. The highest BCUT2D eigenvalue weighted by Crippen LogP contribution is 2.26. The van der Waals surface area contributed by atoms with E-state index in [-0.39, 0.29) is 12.4 Å². The Hall–Kier alpha value is -0.670. The predicted molar refractivity (Wildman–Crippen MR) is 72.9 cm³/mol. The number of allylic oxidation sites excluding steroid dienone is 2. The Morgan fingerprint density at radius 1 is 1.41 bits per heavy atom. The fraction of sp³-hybridized carbons (Fsp3) is 0.786. The molecule has 3 unspecified atom stereocenters. The number of aliphatic hydroxyl groups excluding tert-OH is 1. The van der Waals surface area contributed by atoms with E-state index in [0.29, 0.717) is 4.48 Å². The van der Waals surface area contributed by atoms with Crippen LogP contribution in [0.5, 0.6) is 0 Å². The van der Waals surface area contributed by atoms with Crippen molar-refractivity contribution in [3.63, 3.8) is 0 Å². The monoisotopic (exact) mass is 239 g/mol. The summed E-state index contributed by atoms with van der Waals surface area (Å²) in [5.74, 6) is 0. The highest BCUT2D eigenvalue weighted by molar-refractivity contribution is 5.60. The van der Waals surface area contributed by atoms with Crippen LogP contribution in [0.2, 0.25) is 0 Å². The van der Waals surface area contributed by atoms with E-state index in [1.165, 1.54) is 6.42 Å². The summed E-state index contributed by atoms with van der Waals surface area (Å²) in [7, 11) is 0. The van der Waals surface area contributed by atoms with Crippen LogP contribution in [-0.4, -0.2) is 41.3 Å². The van der Waals surface area contributed by atoms with Gasteiger partial charge in [-0.2, -0.15) is 0 Å².